The fraction of sp³-hybridized carbons (Fsp3) is 0.500. The van der Waals surface area contributed by atoms with E-state index < -0.39 is 14.3 Å². The van der Waals surface area contributed by atoms with E-state index in [0.717, 1.165) is 9.80 Å². The molecule has 0 spiro atoms. The molecule has 5 nitrogen and oxygen atoms in total. The highest BCUT2D eigenvalue weighted by Gasteiger charge is 2.58. The monoisotopic (exact) mass is 459 g/mol. The molecular formula is C24H33NO4SSi. The molecule has 1 amide bonds. The van der Waals surface area contributed by atoms with Gasteiger partial charge < -0.3 is 14.1 Å². The summed E-state index contributed by atoms with van der Waals surface area (Å²) < 4.78 is 11.9. The minimum atomic E-state index is -2.01. The molecule has 0 radical (unpaired) electrons. The number of fused-ring (bicyclic) bond motifs is 1. The molecule has 3 rings (SSSR count). The minimum Gasteiger partial charge on any atom is -0.457 e. The lowest BCUT2D eigenvalue weighted by atomic mass is 9.83. The van der Waals surface area contributed by atoms with Crippen molar-refractivity contribution in [2.24, 2.45) is 5.92 Å². The lowest BCUT2D eigenvalue weighted by Crippen LogP contribution is -2.63. The number of amides is 1. The van der Waals surface area contributed by atoms with Crippen LogP contribution in [0.2, 0.25) is 18.1 Å². The molecule has 2 aliphatic rings. The first-order chi connectivity index (χ1) is 14.5. The first-order valence-corrected chi connectivity index (χ1v) is 14.5. The molecule has 168 valence electrons. The molecule has 1 unspecified atom stereocenters. The van der Waals surface area contributed by atoms with Gasteiger partial charge in [0.15, 0.2) is 8.32 Å². The quantitative estimate of drug-likeness (QED) is 0.227. The largest absolute Gasteiger partial charge is 0.457 e. The second kappa shape index (κ2) is 8.96. The number of ether oxygens (including phenoxy) is 1. The molecule has 0 bridgehead atoms. The zero-order chi connectivity index (χ0) is 23.0. The van der Waals surface area contributed by atoms with Crippen LogP contribution in [0.15, 0.2) is 58.5 Å². The highest BCUT2D eigenvalue weighted by atomic mass is 32.2. The van der Waals surface area contributed by atoms with Gasteiger partial charge in [-0.25, -0.2) is 4.79 Å². The Balaban J connectivity index is 1.83. The van der Waals surface area contributed by atoms with E-state index in [4.69, 9.17) is 9.16 Å². The van der Waals surface area contributed by atoms with Crippen LogP contribution in [0, 0.1) is 5.92 Å². The molecule has 1 aromatic rings. The van der Waals surface area contributed by atoms with Crippen molar-refractivity contribution in [2.45, 2.75) is 69.3 Å². The predicted octanol–water partition coefficient (Wildman–Crippen LogP) is 5.36. The average molecular weight is 460 g/mol. The molecule has 1 aromatic carbocycles. The van der Waals surface area contributed by atoms with Gasteiger partial charge in [-0.15, -0.1) is 0 Å². The summed E-state index contributed by atoms with van der Waals surface area (Å²) in [6.45, 7) is 16.7. The maximum atomic E-state index is 13.2. The van der Waals surface area contributed by atoms with E-state index in [2.05, 4.69) is 40.4 Å². The van der Waals surface area contributed by atoms with Crippen molar-refractivity contribution in [3.63, 3.8) is 0 Å². The van der Waals surface area contributed by atoms with Crippen LogP contribution in [-0.4, -0.2) is 43.8 Å². The lowest BCUT2D eigenvalue weighted by Gasteiger charge is -2.48. The van der Waals surface area contributed by atoms with Crippen molar-refractivity contribution in [3.05, 3.63) is 53.6 Å². The summed E-state index contributed by atoms with van der Waals surface area (Å²) in [4.78, 5) is 29.6. The van der Waals surface area contributed by atoms with E-state index in [1.54, 1.807) is 4.90 Å². The number of carbonyl (C=O) groups excluding carboxylic acids is 2. The topological polar surface area (TPSA) is 55.8 Å². The molecule has 2 aliphatic heterocycles. The minimum absolute atomic E-state index is 0.0505. The molecular weight excluding hydrogens is 426 g/mol. The fourth-order valence-corrected chi connectivity index (χ4v) is 6.39. The van der Waals surface area contributed by atoms with Crippen LogP contribution in [0.5, 0.6) is 0 Å². The van der Waals surface area contributed by atoms with Gasteiger partial charge in [0, 0.05) is 16.2 Å². The highest BCUT2D eigenvalue weighted by molar-refractivity contribution is 8.03. The maximum Gasteiger partial charge on any atom is 0.356 e. The molecule has 1 saturated heterocycles. The van der Waals surface area contributed by atoms with Crippen molar-refractivity contribution in [1.29, 1.82) is 0 Å². The second-order valence-corrected chi connectivity index (χ2v) is 15.6. The molecule has 7 heteroatoms. The summed E-state index contributed by atoms with van der Waals surface area (Å²) in [5.41, 5.74) is 0.376. The Morgan fingerprint density at radius 2 is 1.97 bits per heavy atom. The summed E-state index contributed by atoms with van der Waals surface area (Å²) >= 11 is 1.53. The summed E-state index contributed by atoms with van der Waals surface area (Å²) in [6.07, 6.45) is 1.98. The van der Waals surface area contributed by atoms with E-state index in [9.17, 15) is 9.59 Å². The van der Waals surface area contributed by atoms with E-state index in [1.165, 1.54) is 17.8 Å². The smallest absolute Gasteiger partial charge is 0.356 e. The van der Waals surface area contributed by atoms with E-state index in [0.29, 0.717) is 12.1 Å². The van der Waals surface area contributed by atoms with Gasteiger partial charge >= 0.3 is 5.97 Å². The van der Waals surface area contributed by atoms with Crippen molar-refractivity contribution in [1.82, 2.24) is 4.90 Å². The number of thioether (sulfide) groups is 1. The highest BCUT2D eigenvalue weighted by Crippen LogP contribution is 2.50. The van der Waals surface area contributed by atoms with Crippen LogP contribution in [0.25, 0.3) is 0 Å². The standard InChI is InChI=1S/C24H33NO4SSi/c1-8-14-28-23(27)21-19(30-17-12-10-9-11-13-17)15-18-20(22(26)25(18)21)16(2)29-31(6,7)24(3,4)5/h8-13,16,18,20H,1,14-15H2,2-7H3/t16?,18-,20+/m1/s1. The number of benzene rings is 1. The number of esters is 1. The van der Waals surface area contributed by atoms with Gasteiger partial charge in [-0.05, 0) is 37.2 Å². The zero-order valence-corrected chi connectivity index (χ0v) is 21.1. The van der Waals surface area contributed by atoms with Gasteiger partial charge in [-0.1, -0.05) is 63.4 Å². The fourth-order valence-electron chi connectivity index (χ4n) is 3.85. The third kappa shape index (κ3) is 4.68. The molecule has 0 saturated carbocycles. The summed E-state index contributed by atoms with van der Waals surface area (Å²) in [7, 11) is -2.01. The Bertz CT molecular complexity index is 891. The summed E-state index contributed by atoms with van der Waals surface area (Å²) in [5, 5.41) is 0.0651. The van der Waals surface area contributed by atoms with Gasteiger partial charge in [0.25, 0.3) is 0 Å². The number of hydrogen-bond donors (Lipinski definition) is 0. The maximum absolute atomic E-state index is 13.2. The molecule has 0 N–H and O–H groups in total. The van der Waals surface area contributed by atoms with Crippen molar-refractivity contribution < 1.29 is 18.8 Å². The van der Waals surface area contributed by atoms with Gasteiger partial charge in [0.1, 0.15) is 12.3 Å². The Morgan fingerprint density at radius 1 is 1.32 bits per heavy atom. The SMILES string of the molecule is C=CCOC(=O)C1=C(Sc2ccccc2)C[C@@H]2[C@H](C(C)O[Si](C)(C)C(C)(C)C)C(=O)N12. The average Bonchev–Trinajstić information content (AvgIpc) is 2.99. The normalized spacial score (nSPS) is 22.1. The first-order valence-electron chi connectivity index (χ1n) is 10.7. The van der Waals surface area contributed by atoms with Crippen LogP contribution in [0.1, 0.15) is 34.1 Å². The van der Waals surface area contributed by atoms with E-state index in [-0.39, 0.29) is 35.6 Å². The number of carbonyl (C=O) groups is 2. The number of hydrogen-bond acceptors (Lipinski definition) is 5. The third-order valence-corrected chi connectivity index (χ3v) is 12.2. The van der Waals surface area contributed by atoms with Gasteiger partial charge in [-0.3, -0.25) is 4.79 Å². The van der Waals surface area contributed by atoms with Crippen LogP contribution in [0.4, 0.5) is 0 Å². The molecule has 2 heterocycles. The summed E-state index contributed by atoms with van der Waals surface area (Å²) in [5.74, 6) is -0.763. The van der Waals surface area contributed by atoms with E-state index >= 15 is 0 Å². The zero-order valence-electron chi connectivity index (χ0n) is 19.3. The Labute approximate surface area is 191 Å². The van der Waals surface area contributed by atoms with Crippen molar-refractivity contribution >= 4 is 32.0 Å². The molecule has 31 heavy (non-hydrogen) atoms. The number of β-lactam (4-membered cyclic amide) rings is 1. The van der Waals surface area contributed by atoms with Gasteiger partial charge in [0.2, 0.25) is 5.91 Å². The lowest BCUT2D eigenvalue weighted by molar-refractivity contribution is -0.161. The predicted molar refractivity (Wildman–Crippen MR) is 127 cm³/mol. The first kappa shape index (κ1) is 23.8. The van der Waals surface area contributed by atoms with Crippen LogP contribution in [-0.2, 0) is 18.8 Å². The summed E-state index contributed by atoms with van der Waals surface area (Å²) in [6, 6.07) is 9.82. The second-order valence-electron chi connectivity index (χ2n) is 9.66. The molecule has 3 atom stereocenters. The molecule has 0 aliphatic carbocycles. The van der Waals surface area contributed by atoms with Crippen molar-refractivity contribution in [3.8, 4) is 0 Å². The molecule has 1 fully saturated rings. The Hall–Kier alpha value is -1.83. The Kier molecular flexibility index (Phi) is 6.89. The molecule has 0 aromatic heterocycles. The number of nitrogens with zero attached hydrogens (tertiary/aromatic N) is 1. The van der Waals surface area contributed by atoms with Crippen LogP contribution in [0.3, 0.4) is 0 Å². The van der Waals surface area contributed by atoms with Gasteiger partial charge in [-0.2, -0.15) is 0 Å². The third-order valence-electron chi connectivity index (χ3n) is 6.47. The van der Waals surface area contributed by atoms with E-state index in [1.807, 2.05) is 37.3 Å². The van der Waals surface area contributed by atoms with Crippen LogP contribution >= 0.6 is 11.8 Å². The number of rotatable bonds is 8. The van der Waals surface area contributed by atoms with Crippen LogP contribution < -0.4 is 0 Å². The van der Waals surface area contributed by atoms with Gasteiger partial charge in [0.05, 0.1) is 18.1 Å². The Morgan fingerprint density at radius 3 is 2.55 bits per heavy atom. The van der Waals surface area contributed by atoms with Crippen molar-refractivity contribution in [2.75, 3.05) is 6.61 Å².